The quantitative estimate of drug-likeness (QED) is 0.516. The molecule has 2 nitrogen and oxygen atoms in total. The Morgan fingerprint density at radius 1 is 1.55 bits per heavy atom. The molecule has 0 amide bonds. The van der Waals surface area contributed by atoms with Gasteiger partial charge in [0.2, 0.25) is 0 Å². The minimum Gasteiger partial charge on any atom is -0.399 e. The molecule has 2 rings (SSSR count). The molecule has 0 aliphatic carbocycles. The second kappa shape index (κ2) is 2.40. The van der Waals surface area contributed by atoms with Crippen LogP contribution in [0.5, 0.6) is 0 Å². The van der Waals surface area contributed by atoms with Gasteiger partial charge in [-0.3, -0.25) is 0 Å². The molecule has 11 heavy (non-hydrogen) atoms. The van der Waals surface area contributed by atoms with Crippen molar-refractivity contribution in [1.82, 2.24) is 0 Å². The Bertz CT molecular complexity index is 283. The van der Waals surface area contributed by atoms with E-state index in [2.05, 4.69) is 0 Å². The highest BCUT2D eigenvalue weighted by Crippen LogP contribution is 2.35. The van der Waals surface area contributed by atoms with E-state index in [0.29, 0.717) is 0 Å². The zero-order valence-electron chi connectivity index (χ0n) is 5.88. The Morgan fingerprint density at radius 2 is 2.27 bits per heavy atom. The van der Waals surface area contributed by atoms with Crippen molar-refractivity contribution in [3.63, 3.8) is 0 Å². The fourth-order valence-corrected chi connectivity index (χ4v) is 1.28. The summed E-state index contributed by atoms with van der Waals surface area (Å²) in [6.07, 6.45) is 0.186. The van der Waals surface area contributed by atoms with Crippen LogP contribution in [0, 0.1) is 0 Å². The van der Waals surface area contributed by atoms with Crippen molar-refractivity contribution < 1.29 is 4.74 Å². The van der Waals surface area contributed by atoms with Gasteiger partial charge in [-0.2, -0.15) is 0 Å². The minimum atomic E-state index is 0.186. The third-order valence-corrected chi connectivity index (χ3v) is 2.04. The van der Waals surface area contributed by atoms with Crippen LogP contribution in [0.25, 0.3) is 0 Å². The van der Waals surface area contributed by atoms with Crippen molar-refractivity contribution in [1.29, 1.82) is 0 Å². The van der Waals surface area contributed by atoms with Gasteiger partial charge in [0.1, 0.15) is 6.10 Å². The first-order chi connectivity index (χ1) is 5.27. The maximum atomic E-state index is 5.90. The summed E-state index contributed by atoms with van der Waals surface area (Å²) in [6, 6.07) is 5.45. The SMILES string of the molecule is Nc1ccc(Cl)c(C2CO2)c1. The van der Waals surface area contributed by atoms with E-state index in [9.17, 15) is 0 Å². The number of hydrogen-bond acceptors (Lipinski definition) is 2. The van der Waals surface area contributed by atoms with Crippen molar-refractivity contribution in [2.75, 3.05) is 12.3 Å². The summed E-state index contributed by atoms with van der Waals surface area (Å²) in [4.78, 5) is 0. The van der Waals surface area contributed by atoms with Crippen LogP contribution >= 0.6 is 11.6 Å². The van der Waals surface area contributed by atoms with Gasteiger partial charge in [0.25, 0.3) is 0 Å². The number of epoxide rings is 1. The molecule has 1 aromatic carbocycles. The van der Waals surface area contributed by atoms with Crippen LogP contribution in [0.15, 0.2) is 18.2 Å². The molecule has 1 fully saturated rings. The molecule has 1 atom stereocenters. The van der Waals surface area contributed by atoms with Crippen LogP contribution in [0.2, 0.25) is 5.02 Å². The summed E-state index contributed by atoms with van der Waals surface area (Å²) < 4.78 is 5.09. The first-order valence-electron chi connectivity index (χ1n) is 3.44. The topological polar surface area (TPSA) is 38.5 Å². The zero-order valence-corrected chi connectivity index (χ0v) is 6.64. The molecule has 1 aliphatic rings. The zero-order chi connectivity index (χ0) is 7.84. The molecule has 1 heterocycles. The predicted octanol–water partition coefficient (Wildman–Crippen LogP) is 1.99. The molecular weight excluding hydrogens is 162 g/mol. The molecule has 3 heteroatoms. The van der Waals surface area contributed by atoms with Gasteiger partial charge in [0.05, 0.1) is 6.61 Å². The molecule has 1 unspecified atom stereocenters. The van der Waals surface area contributed by atoms with Crippen molar-refractivity contribution in [2.24, 2.45) is 0 Å². The Balaban J connectivity index is 2.42. The van der Waals surface area contributed by atoms with Crippen molar-refractivity contribution in [3.05, 3.63) is 28.8 Å². The van der Waals surface area contributed by atoms with E-state index in [0.717, 1.165) is 22.9 Å². The third kappa shape index (κ3) is 1.32. The Hall–Kier alpha value is -0.730. The van der Waals surface area contributed by atoms with Crippen LogP contribution in [0.4, 0.5) is 5.69 Å². The first kappa shape index (κ1) is 6.95. The average Bonchev–Trinajstić information content (AvgIpc) is 2.76. The van der Waals surface area contributed by atoms with E-state index in [-0.39, 0.29) is 6.10 Å². The van der Waals surface area contributed by atoms with E-state index in [4.69, 9.17) is 22.1 Å². The lowest BCUT2D eigenvalue weighted by Gasteiger charge is -2.00. The van der Waals surface area contributed by atoms with Crippen LogP contribution in [0.1, 0.15) is 11.7 Å². The van der Waals surface area contributed by atoms with E-state index in [1.807, 2.05) is 6.07 Å². The molecule has 0 spiro atoms. The lowest BCUT2D eigenvalue weighted by Crippen LogP contribution is -1.88. The summed E-state index contributed by atoms with van der Waals surface area (Å²) in [6.45, 7) is 0.767. The molecule has 0 saturated carbocycles. The molecule has 1 aliphatic heterocycles. The maximum Gasteiger partial charge on any atom is 0.107 e. The van der Waals surface area contributed by atoms with Crippen molar-refractivity contribution in [2.45, 2.75) is 6.10 Å². The fourth-order valence-electron chi connectivity index (χ4n) is 1.04. The Morgan fingerprint density at radius 3 is 2.91 bits per heavy atom. The highest BCUT2D eigenvalue weighted by molar-refractivity contribution is 6.31. The largest absolute Gasteiger partial charge is 0.399 e. The monoisotopic (exact) mass is 169 g/mol. The number of halogens is 1. The van der Waals surface area contributed by atoms with Gasteiger partial charge < -0.3 is 10.5 Å². The van der Waals surface area contributed by atoms with Gasteiger partial charge in [0, 0.05) is 16.3 Å². The number of nitrogen functional groups attached to an aromatic ring is 1. The molecule has 1 aromatic rings. The summed E-state index contributed by atoms with van der Waals surface area (Å²) >= 11 is 5.90. The highest BCUT2D eigenvalue weighted by atomic mass is 35.5. The van der Waals surface area contributed by atoms with E-state index < -0.39 is 0 Å². The molecule has 0 aromatic heterocycles. The highest BCUT2D eigenvalue weighted by Gasteiger charge is 2.26. The van der Waals surface area contributed by atoms with Gasteiger partial charge in [-0.05, 0) is 18.2 Å². The average molecular weight is 170 g/mol. The number of anilines is 1. The number of ether oxygens (including phenoxy) is 1. The summed E-state index contributed by atoms with van der Waals surface area (Å²) in [5.74, 6) is 0. The maximum absolute atomic E-state index is 5.90. The first-order valence-corrected chi connectivity index (χ1v) is 3.81. The van der Waals surface area contributed by atoms with Crippen LogP contribution in [-0.2, 0) is 4.74 Å². The van der Waals surface area contributed by atoms with Gasteiger partial charge in [-0.15, -0.1) is 0 Å². The second-order valence-electron chi connectivity index (χ2n) is 2.60. The predicted molar refractivity (Wildman–Crippen MR) is 44.6 cm³/mol. The Labute approximate surface area is 69.9 Å². The number of benzene rings is 1. The summed E-state index contributed by atoms with van der Waals surface area (Å²) in [5, 5.41) is 0.738. The van der Waals surface area contributed by atoms with Gasteiger partial charge in [-0.1, -0.05) is 11.6 Å². The normalized spacial score (nSPS) is 21.7. The summed E-state index contributed by atoms with van der Waals surface area (Å²) in [7, 11) is 0. The molecule has 1 saturated heterocycles. The molecule has 0 radical (unpaired) electrons. The van der Waals surface area contributed by atoms with Crippen LogP contribution in [-0.4, -0.2) is 6.61 Å². The molecule has 58 valence electrons. The van der Waals surface area contributed by atoms with Crippen LogP contribution < -0.4 is 5.73 Å². The van der Waals surface area contributed by atoms with Gasteiger partial charge in [0.15, 0.2) is 0 Å². The smallest absolute Gasteiger partial charge is 0.107 e. The van der Waals surface area contributed by atoms with E-state index >= 15 is 0 Å². The lowest BCUT2D eigenvalue weighted by atomic mass is 10.1. The fraction of sp³-hybridized carbons (Fsp3) is 0.250. The molecule has 2 N–H and O–H groups in total. The van der Waals surface area contributed by atoms with E-state index in [1.165, 1.54) is 0 Å². The van der Waals surface area contributed by atoms with Crippen molar-refractivity contribution >= 4 is 17.3 Å². The van der Waals surface area contributed by atoms with Crippen molar-refractivity contribution in [3.8, 4) is 0 Å². The van der Waals surface area contributed by atoms with E-state index in [1.54, 1.807) is 12.1 Å². The van der Waals surface area contributed by atoms with Gasteiger partial charge in [-0.25, -0.2) is 0 Å². The summed E-state index contributed by atoms with van der Waals surface area (Å²) in [5.41, 5.74) is 7.32. The Kier molecular flexibility index (Phi) is 1.51. The third-order valence-electron chi connectivity index (χ3n) is 1.70. The molecular formula is C8H8ClNO. The lowest BCUT2D eigenvalue weighted by molar-refractivity contribution is 0.416. The number of nitrogens with two attached hydrogens (primary N) is 1. The minimum absolute atomic E-state index is 0.186. The second-order valence-corrected chi connectivity index (χ2v) is 3.01. The number of hydrogen-bond donors (Lipinski definition) is 1. The van der Waals surface area contributed by atoms with Gasteiger partial charge >= 0.3 is 0 Å². The molecule has 0 bridgehead atoms. The standard InChI is InChI=1S/C8H8ClNO/c9-7-2-1-5(10)3-6(7)8-4-11-8/h1-3,8H,4,10H2. The van der Waals surface area contributed by atoms with Crippen LogP contribution in [0.3, 0.4) is 0 Å². The number of rotatable bonds is 1.